The molecule has 1 aromatic heterocycles. The summed E-state index contributed by atoms with van der Waals surface area (Å²) in [5.41, 5.74) is 22.6. The summed E-state index contributed by atoms with van der Waals surface area (Å²) in [6, 6.07) is 76.7. The van der Waals surface area contributed by atoms with Crippen molar-refractivity contribution in [1.82, 2.24) is 4.57 Å². The van der Waals surface area contributed by atoms with E-state index in [2.05, 4.69) is 226 Å². The van der Waals surface area contributed by atoms with E-state index in [0.717, 1.165) is 17.1 Å². The molecule has 9 aromatic carbocycles. The first-order valence-electron chi connectivity index (χ1n) is 20.9. The summed E-state index contributed by atoms with van der Waals surface area (Å²) < 4.78 is 2.54. The first-order valence-corrected chi connectivity index (χ1v) is 20.9. The summed E-state index contributed by atoms with van der Waals surface area (Å²) in [6.45, 7) is 0.0323. The van der Waals surface area contributed by atoms with E-state index in [1.54, 1.807) is 0 Å². The SMILES string of the molecule is c1ccc(N2c3ccccc3B3c4cc5c(cc4N(c4ccccc4)c4cccc2c43)B2c3c(cccc3-n3c4ccccc4c4cccc2c43)N5c2ccccc2)cc1. The Bertz CT molecular complexity index is 3420. The van der Waals surface area contributed by atoms with Crippen molar-refractivity contribution in [2.45, 2.75) is 0 Å². The van der Waals surface area contributed by atoms with Crippen LogP contribution >= 0.6 is 0 Å². The lowest BCUT2D eigenvalue weighted by molar-refractivity contribution is 1.18. The molecule has 0 atom stereocenters. The average Bonchev–Trinajstić information content (AvgIpc) is 3.66. The van der Waals surface area contributed by atoms with E-state index >= 15 is 0 Å². The molecular formula is C54H34B2N4. The predicted molar refractivity (Wildman–Crippen MR) is 254 cm³/mol. The first kappa shape index (κ1) is 32.3. The highest BCUT2D eigenvalue weighted by Gasteiger charge is 2.47. The third-order valence-corrected chi connectivity index (χ3v) is 13.5. The molecule has 276 valence electrons. The number of rotatable bonds is 3. The highest BCUT2D eigenvalue weighted by molar-refractivity contribution is 7.02. The van der Waals surface area contributed by atoms with Crippen molar-refractivity contribution in [3.8, 4) is 5.69 Å². The maximum atomic E-state index is 2.57. The van der Waals surface area contributed by atoms with Crippen LogP contribution in [0.5, 0.6) is 0 Å². The Morgan fingerprint density at radius 3 is 1.32 bits per heavy atom. The van der Waals surface area contributed by atoms with E-state index < -0.39 is 0 Å². The summed E-state index contributed by atoms with van der Waals surface area (Å²) in [4.78, 5) is 7.55. The fourth-order valence-electron chi connectivity index (χ4n) is 11.3. The molecule has 0 saturated carbocycles. The molecule has 0 radical (unpaired) electrons. The third-order valence-electron chi connectivity index (χ3n) is 13.5. The normalized spacial score (nSPS) is 13.8. The Kier molecular flexibility index (Phi) is 6.42. The molecular weight excluding hydrogens is 726 g/mol. The summed E-state index contributed by atoms with van der Waals surface area (Å²) in [6.07, 6.45) is 0. The maximum Gasteiger partial charge on any atom is 0.252 e. The maximum absolute atomic E-state index is 2.57. The van der Waals surface area contributed by atoms with Crippen LogP contribution in [0.15, 0.2) is 206 Å². The van der Waals surface area contributed by atoms with Crippen molar-refractivity contribution < 1.29 is 0 Å². The van der Waals surface area contributed by atoms with Crippen LogP contribution in [0.4, 0.5) is 51.2 Å². The highest BCUT2D eigenvalue weighted by atomic mass is 15.2. The van der Waals surface area contributed by atoms with Gasteiger partial charge in [0.2, 0.25) is 0 Å². The highest BCUT2D eigenvalue weighted by Crippen LogP contribution is 2.46. The second-order valence-electron chi connectivity index (χ2n) is 16.4. The fourth-order valence-corrected chi connectivity index (χ4v) is 11.3. The summed E-state index contributed by atoms with van der Waals surface area (Å²) >= 11 is 0. The topological polar surface area (TPSA) is 14.7 Å². The van der Waals surface area contributed by atoms with Gasteiger partial charge in [-0.15, -0.1) is 0 Å². The molecule has 14 rings (SSSR count). The molecule has 0 unspecified atom stereocenters. The van der Waals surface area contributed by atoms with Crippen LogP contribution in [0.2, 0.25) is 0 Å². The molecule has 0 fully saturated rings. The Labute approximate surface area is 349 Å². The van der Waals surface area contributed by atoms with E-state index in [4.69, 9.17) is 0 Å². The number of fused-ring (bicyclic) bond motifs is 11. The molecule has 0 amide bonds. The standard InChI is InChI=1S/C54H34B2N4/c1-4-17-35(18-5-1)57-45-28-13-11-25-40(45)55-42-33-51-43(34-50(42)58(36-19-6-2-7-20-36)47-30-15-29-46(57)52(47)55)56-41-26-14-24-39-38-23-10-12-27-44(38)60(54(39)41)49-32-16-31-48(53(49)56)59(51)37-21-8-3-9-22-37/h1-34H. The van der Waals surface area contributed by atoms with Crippen LogP contribution in [-0.4, -0.2) is 18.0 Å². The minimum atomic E-state index is 0.00954. The summed E-state index contributed by atoms with van der Waals surface area (Å²) in [5.74, 6) is 0. The zero-order chi connectivity index (χ0) is 39.1. The van der Waals surface area contributed by atoms with Crippen molar-refractivity contribution >= 4 is 119 Å². The van der Waals surface area contributed by atoms with E-state index in [1.807, 2.05) is 0 Å². The molecule has 0 spiro atoms. The Morgan fingerprint density at radius 2 is 0.700 bits per heavy atom. The van der Waals surface area contributed by atoms with Crippen molar-refractivity contribution in [3.05, 3.63) is 206 Å². The Hall–Kier alpha value is -7.69. The zero-order valence-corrected chi connectivity index (χ0v) is 32.6. The molecule has 0 saturated heterocycles. The third kappa shape index (κ3) is 4.12. The van der Waals surface area contributed by atoms with Crippen LogP contribution in [0.3, 0.4) is 0 Å². The molecule has 6 heteroatoms. The zero-order valence-electron chi connectivity index (χ0n) is 32.6. The van der Waals surface area contributed by atoms with Crippen LogP contribution in [0.25, 0.3) is 27.5 Å². The lowest BCUT2D eigenvalue weighted by Gasteiger charge is -2.46. The number of hydrogen-bond acceptors (Lipinski definition) is 3. The van der Waals surface area contributed by atoms with Gasteiger partial charge < -0.3 is 19.3 Å². The summed E-state index contributed by atoms with van der Waals surface area (Å²) in [5, 5.41) is 2.60. The van der Waals surface area contributed by atoms with E-state index in [-0.39, 0.29) is 13.4 Å². The smallest absolute Gasteiger partial charge is 0.252 e. The number of benzene rings is 9. The number of anilines is 9. The van der Waals surface area contributed by atoms with Crippen LogP contribution in [0.1, 0.15) is 0 Å². The molecule has 0 bridgehead atoms. The quantitative estimate of drug-likeness (QED) is 0.167. The lowest BCUT2D eigenvalue weighted by atomic mass is 9.31. The van der Waals surface area contributed by atoms with Gasteiger partial charge in [0.25, 0.3) is 13.4 Å². The minimum Gasteiger partial charge on any atom is -0.311 e. The van der Waals surface area contributed by atoms with Gasteiger partial charge in [-0.3, -0.25) is 0 Å². The first-order chi connectivity index (χ1) is 29.8. The Balaban J connectivity index is 1.12. The summed E-state index contributed by atoms with van der Waals surface area (Å²) in [7, 11) is 0. The van der Waals surface area contributed by atoms with Crippen LogP contribution < -0.4 is 47.5 Å². The van der Waals surface area contributed by atoms with Gasteiger partial charge in [0, 0.05) is 73.2 Å². The van der Waals surface area contributed by atoms with Crippen LogP contribution in [0, 0.1) is 0 Å². The molecule has 5 heterocycles. The van der Waals surface area contributed by atoms with E-state index in [9.17, 15) is 0 Å². The van der Waals surface area contributed by atoms with Gasteiger partial charge in [0.1, 0.15) is 0 Å². The van der Waals surface area contributed by atoms with E-state index in [0.29, 0.717) is 0 Å². The minimum absolute atomic E-state index is 0.00954. The van der Waals surface area contributed by atoms with Crippen LogP contribution in [-0.2, 0) is 0 Å². The van der Waals surface area contributed by atoms with Crippen molar-refractivity contribution in [2.24, 2.45) is 0 Å². The van der Waals surface area contributed by atoms with Gasteiger partial charge in [-0.05, 0) is 118 Å². The molecule has 10 aromatic rings. The molecule has 4 nitrogen and oxygen atoms in total. The van der Waals surface area contributed by atoms with Gasteiger partial charge >= 0.3 is 0 Å². The Morgan fingerprint density at radius 1 is 0.283 bits per heavy atom. The fraction of sp³-hybridized carbons (Fsp3) is 0. The molecule has 0 N–H and O–H groups in total. The number of aromatic nitrogens is 1. The second kappa shape index (κ2) is 11.9. The molecule has 4 aliphatic heterocycles. The molecule has 60 heavy (non-hydrogen) atoms. The van der Waals surface area contributed by atoms with E-state index in [1.165, 1.54) is 94.4 Å². The predicted octanol–water partition coefficient (Wildman–Crippen LogP) is 9.48. The average molecular weight is 761 g/mol. The van der Waals surface area contributed by atoms with Crippen molar-refractivity contribution in [1.29, 1.82) is 0 Å². The second-order valence-corrected chi connectivity index (χ2v) is 16.4. The van der Waals surface area contributed by atoms with Gasteiger partial charge in [-0.1, -0.05) is 121 Å². The largest absolute Gasteiger partial charge is 0.311 e. The van der Waals surface area contributed by atoms with Crippen molar-refractivity contribution in [3.63, 3.8) is 0 Å². The molecule has 4 aliphatic rings. The van der Waals surface area contributed by atoms with Gasteiger partial charge in [-0.25, -0.2) is 0 Å². The molecule has 0 aliphatic carbocycles. The van der Waals surface area contributed by atoms with Crippen molar-refractivity contribution in [2.75, 3.05) is 14.7 Å². The van der Waals surface area contributed by atoms with Gasteiger partial charge in [-0.2, -0.15) is 0 Å². The van der Waals surface area contributed by atoms with Gasteiger partial charge in [0.15, 0.2) is 0 Å². The lowest BCUT2D eigenvalue weighted by Crippen LogP contribution is -2.64. The number of para-hydroxylation sites is 6. The number of nitrogens with zero attached hydrogens (tertiary/aromatic N) is 4. The number of hydrogen-bond donors (Lipinski definition) is 0. The monoisotopic (exact) mass is 760 g/mol. The van der Waals surface area contributed by atoms with Gasteiger partial charge in [0.05, 0.1) is 5.52 Å².